The van der Waals surface area contributed by atoms with Crippen LogP contribution < -0.4 is 4.74 Å². The van der Waals surface area contributed by atoms with Gasteiger partial charge in [0.1, 0.15) is 16.5 Å². The number of rotatable bonds is 6. The van der Waals surface area contributed by atoms with Crippen LogP contribution in [0.2, 0.25) is 0 Å². The van der Waals surface area contributed by atoms with Crippen LogP contribution in [-0.4, -0.2) is 64.5 Å². The lowest BCUT2D eigenvalue weighted by Crippen LogP contribution is -2.50. The molecule has 0 radical (unpaired) electrons. The quantitative estimate of drug-likeness (QED) is 0.385. The number of nitrogens with zero attached hydrogens (tertiary/aromatic N) is 4. The molecule has 36 heavy (non-hydrogen) atoms. The molecule has 1 saturated heterocycles. The summed E-state index contributed by atoms with van der Waals surface area (Å²) in [5.74, 6) is 1.61. The third-order valence-electron chi connectivity index (χ3n) is 6.61. The van der Waals surface area contributed by atoms with E-state index in [4.69, 9.17) is 14.1 Å². The molecule has 4 aromatic rings. The molecule has 4 heterocycles. The van der Waals surface area contributed by atoms with Gasteiger partial charge in [0.2, 0.25) is 5.91 Å². The van der Waals surface area contributed by atoms with E-state index in [1.54, 1.807) is 36.5 Å². The number of hydrogen-bond donors (Lipinski definition) is 0. The fraction of sp³-hybridized carbons (Fsp3) is 0.296. The van der Waals surface area contributed by atoms with Gasteiger partial charge in [-0.3, -0.25) is 9.59 Å². The number of benzene rings is 1. The Morgan fingerprint density at radius 1 is 1.08 bits per heavy atom. The molecule has 186 valence electrons. The molecule has 5 rings (SSSR count). The Morgan fingerprint density at radius 3 is 2.44 bits per heavy atom. The predicted molar refractivity (Wildman–Crippen MR) is 138 cm³/mol. The van der Waals surface area contributed by atoms with Gasteiger partial charge in [-0.25, -0.2) is 4.98 Å². The van der Waals surface area contributed by atoms with Crippen LogP contribution in [-0.2, 0) is 11.3 Å². The lowest BCUT2D eigenvalue weighted by Gasteiger charge is -2.34. The van der Waals surface area contributed by atoms with E-state index >= 15 is 0 Å². The molecule has 1 aromatic carbocycles. The van der Waals surface area contributed by atoms with E-state index in [-0.39, 0.29) is 11.8 Å². The first-order valence-corrected chi connectivity index (χ1v) is 12.7. The molecule has 0 bridgehead atoms. The number of hydrogen-bond acceptors (Lipinski definition) is 6. The number of ether oxygens (including phenoxy) is 1. The Hall–Kier alpha value is -3.85. The zero-order valence-electron chi connectivity index (χ0n) is 20.6. The third kappa shape index (κ3) is 4.66. The van der Waals surface area contributed by atoms with Gasteiger partial charge in [0.15, 0.2) is 0 Å². The van der Waals surface area contributed by atoms with Crippen LogP contribution in [0.15, 0.2) is 58.5 Å². The van der Waals surface area contributed by atoms with E-state index in [0.29, 0.717) is 38.3 Å². The van der Waals surface area contributed by atoms with E-state index in [9.17, 15) is 9.59 Å². The van der Waals surface area contributed by atoms with Crippen molar-refractivity contribution in [1.29, 1.82) is 0 Å². The number of methoxy groups -OCH3 is 1. The van der Waals surface area contributed by atoms with Gasteiger partial charge in [0.05, 0.1) is 36.9 Å². The molecule has 0 unspecified atom stereocenters. The van der Waals surface area contributed by atoms with Crippen LogP contribution in [0.1, 0.15) is 28.7 Å². The highest BCUT2D eigenvalue weighted by atomic mass is 32.1. The standard InChI is InChI=1S/C27H28N4O4S/c1-18-23(27(33)30-12-10-29(11-13-30)19(2)32)15-25(31(18)16-22-5-4-14-35-22)24-17-36-26(28-24)20-6-8-21(34-3)9-7-20/h4-9,14-15,17H,10-13,16H2,1-3H3. The molecule has 0 spiro atoms. The number of thiazole rings is 1. The summed E-state index contributed by atoms with van der Waals surface area (Å²) >= 11 is 1.56. The maximum atomic E-state index is 13.5. The molecule has 3 aromatic heterocycles. The van der Waals surface area contributed by atoms with Crippen molar-refractivity contribution in [1.82, 2.24) is 19.4 Å². The number of aromatic nitrogens is 2. The van der Waals surface area contributed by atoms with Crippen molar-refractivity contribution < 1.29 is 18.7 Å². The van der Waals surface area contributed by atoms with Crippen LogP contribution >= 0.6 is 11.3 Å². The van der Waals surface area contributed by atoms with Crippen molar-refractivity contribution in [2.24, 2.45) is 0 Å². The first-order valence-electron chi connectivity index (χ1n) is 11.8. The van der Waals surface area contributed by atoms with Gasteiger partial charge in [-0.1, -0.05) is 0 Å². The molecular formula is C27H28N4O4S. The average Bonchev–Trinajstić information content (AvgIpc) is 3.66. The molecule has 0 N–H and O–H groups in total. The summed E-state index contributed by atoms with van der Waals surface area (Å²) in [6.07, 6.45) is 1.65. The van der Waals surface area contributed by atoms with Crippen LogP contribution in [0, 0.1) is 6.92 Å². The fourth-order valence-electron chi connectivity index (χ4n) is 4.49. The largest absolute Gasteiger partial charge is 0.497 e. The highest BCUT2D eigenvalue weighted by Gasteiger charge is 2.27. The number of furan rings is 1. The van der Waals surface area contributed by atoms with Crippen molar-refractivity contribution in [3.05, 3.63) is 71.1 Å². The Kier molecular flexibility index (Phi) is 6.65. The monoisotopic (exact) mass is 504 g/mol. The summed E-state index contributed by atoms with van der Waals surface area (Å²) in [6, 6.07) is 13.5. The summed E-state index contributed by atoms with van der Waals surface area (Å²) in [5.41, 5.74) is 4.19. The first-order chi connectivity index (χ1) is 17.4. The maximum Gasteiger partial charge on any atom is 0.255 e. The van der Waals surface area contributed by atoms with Crippen LogP contribution in [0.25, 0.3) is 22.0 Å². The van der Waals surface area contributed by atoms with Gasteiger partial charge in [0.25, 0.3) is 5.91 Å². The summed E-state index contributed by atoms with van der Waals surface area (Å²) < 4.78 is 13.0. The van der Waals surface area contributed by atoms with Gasteiger partial charge >= 0.3 is 0 Å². The molecule has 1 fully saturated rings. The van der Waals surface area contributed by atoms with Crippen LogP contribution in [0.3, 0.4) is 0 Å². The minimum atomic E-state index is -0.0271. The summed E-state index contributed by atoms with van der Waals surface area (Å²) in [6.45, 7) is 6.17. The third-order valence-corrected chi connectivity index (χ3v) is 7.50. The minimum Gasteiger partial charge on any atom is -0.497 e. The van der Waals surface area contributed by atoms with Gasteiger partial charge in [-0.15, -0.1) is 11.3 Å². The second kappa shape index (κ2) is 10.0. The zero-order chi connectivity index (χ0) is 25.2. The Labute approximate surface area is 213 Å². The molecule has 1 aliphatic rings. The molecule has 9 heteroatoms. The molecule has 2 amide bonds. The van der Waals surface area contributed by atoms with Crippen molar-refractivity contribution in [3.63, 3.8) is 0 Å². The normalized spacial score (nSPS) is 13.8. The van der Waals surface area contributed by atoms with Crippen molar-refractivity contribution in [2.45, 2.75) is 20.4 Å². The molecule has 1 aliphatic heterocycles. The van der Waals surface area contributed by atoms with Crippen LogP contribution in [0.4, 0.5) is 0 Å². The highest BCUT2D eigenvalue weighted by Crippen LogP contribution is 2.33. The number of piperazine rings is 1. The summed E-state index contributed by atoms with van der Waals surface area (Å²) in [7, 11) is 1.65. The Balaban J connectivity index is 1.48. The first kappa shape index (κ1) is 23.9. The number of carbonyl (C=O) groups excluding carboxylic acids is 2. The van der Waals surface area contributed by atoms with E-state index in [2.05, 4.69) is 4.57 Å². The van der Waals surface area contributed by atoms with Gasteiger partial charge in [0, 0.05) is 49.7 Å². The SMILES string of the molecule is COc1ccc(-c2nc(-c3cc(C(=O)N4CCN(C(C)=O)CC4)c(C)n3Cc3ccco3)cs2)cc1. The smallest absolute Gasteiger partial charge is 0.255 e. The fourth-order valence-corrected chi connectivity index (χ4v) is 5.31. The van der Waals surface area contributed by atoms with E-state index in [1.807, 2.05) is 59.7 Å². The topological polar surface area (TPSA) is 80.8 Å². The van der Waals surface area contributed by atoms with Crippen LogP contribution in [0.5, 0.6) is 5.75 Å². The molecule has 0 saturated carbocycles. The van der Waals surface area contributed by atoms with E-state index in [0.717, 1.165) is 39.2 Å². The zero-order valence-corrected chi connectivity index (χ0v) is 21.4. The molecular weight excluding hydrogens is 476 g/mol. The van der Waals surface area contributed by atoms with E-state index < -0.39 is 0 Å². The van der Waals surface area contributed by atoms with Gasteiger partial charge in [-0.05, 0) is 49.4 Å². The second-order valence-electron chi connectivity index (χ2n) is 8.76. The molecule has 0 aliphatic carbocycles. The lowest BCUT2D eigenvalue weighted by atomic mass is 10.2. The second-order valence-corrected chi connectivity index (χ2v) is 9.62. The maximum absolute atomic E-state index is 13.5. The Bertz CT molecular complexity index is 1360. The minimum absolute atomic E-state index is 0.0271. The van der Waals surface area contributed by atoms with Gasteiger partial charge in [-0.2, -0.15) is 0 Å². The Morgan fingerprint density at radius 2 is 1.81 bits per heavy atom. The highest BCUT2D eigenvalue weighted by molar-refractivity contribution is 7.13. The summed E-state index contributed by atoms with van der Waals surface area (Å²) in [4.78, 5) is 33.7. The number of amides is 2. The van der Waals surface area contributed by atoms with Crippen molar-refractivity contribution in [3.8, 4) is 27.7 Å². The van der Waals surface area contributed by atoms with Crippen molar-refractivity contribution >= 4 is 23.2 Å². The molecule has 0 atom stereocenters. The summed E-state index contributed by atoms with van der Waals surface area (Å²) in [5, 5.41) is 2.91. The molecule has 8 nitrogen and oxygen atoms in total. The van der Waals surface area contributed by atoms with Crippen molar-refractivity contribution in [2.75, 3.05) is 33.3 Å². The predicted octanol–water partition coefficient (Wildman–Crippen LogP) is 4.54. The number of carbonyl (C=O) groups is 2. The van der Waals surface area contributed by atoms with E-state index in [1.165, 1.54) is 0 Å². The van der Waals surface area contributed by atoms with Gasteiger partial charge < -0.3 is 23.5 Å². The average molecular weight is 505 g/mol. The lowest BCUT2D eigenvalue weighted by molar-refractivity contribution is -0.130.